The first kappa shape index (κ1) is 15.3. The van der Waals surface area contributed by atoms with Gasteiger partial charge in [-0.3, -0.25) is 4.79 Å². The molecule has 0 heterocycles. The number of rotatable bonds is 5. The van der Waals surface area contributed by atoms with Crippen LogP contribution in [0.4, 0.5) is 10.5 Å². The molecule has 0 aliphatic carbocycles. The molecule has 0 radical (unpaired) electrons. The number of hydrogen-bond acceptors (Lipinski definition) is 5. The highest BCUT2D eigenvalue weighted by Gasteiger charge is 2.10. The lowest BCUT2D eigenvalue weighted by atomic mass is 10.2. The lowest BCUT2D eigenvalue weighted by molar-refractivity contribution is -0.141. The predicted octanol–water partition coefficient (Wildman–Crippen LogP) is 1.25. The molecule has 0 unspecified atom stereocenters. The van der Waals surface area contributed by atoms with E-state index >= 15 is 0 Å². The molecule has 2 amide bonds. The Hall–Kier alpha value is -2.75. The number of benzene rings is 1. The molecule has 0 saturated carbocycles. The van der Waals surface area contributed by atoms with E-state index in [2.05, 4.69) is 15.4 Å². The number of ether oxygens (including phenoxy) is 2. The van der Waals surface area contributed by atoms with Crippen molar-refractivity contribution < 1.29 is 19.1 Å². The lowest BCUT2D eigenvalue weighted by Gasteiger charge is -2.11. The Kier molecular flexibility index (Phi) is 5.84. The van der Waals surface area contributed by atoms with E-state index in [9.17, 15) is 9.59 Å². The molecule has 1 aromatic carbocycles. The second-order valence-corrected chi connectivity index (χ2v) is 3.64. The zero-order valence-corrected chi connectivity index (χ0v) is 11.2. The van der Waals surface area contributed by atoms with E-state index in [1.54, 1.807) is 19.1 Å². The SMILES string of the molecule is CCOC(=O)CNC(=O)Nc1ccc(C#N)cc1OC. The van der Waals surface area contributed by atoms with Crippen molar-refractivity contribution in [3.63, 3.8) is 0 Å². The molecule has 0 aliphatic rings. The molecule has 0 atom stereocenters. The summed E-state index contributed by atoms with van der Waals surface area (Å²) in [6.45, 7) is 1.71. The van der Waals surface area contributed by atoms with Gasteiger partial charge in [0.15, 0.2) is 0 Å². The maximum absolute atomic E-state index is 11.6. The summed E-state index contributed by atoms with van der Waals surface area (Å²) in [6.07, 6.45) is 0. The van der Waals surface area contributed by atoms with Gasteiger partial charge < -0.3 is 20.1 Å². The quantitative estimate of drug-likeness (QED) is 0.789. The number of carbonyl (C=O) groups excluding carboxylic acids is 2. The first-order valence-corrected chi connectivity index (χ1v) is 5.89. The Balaban J connectivity index is 2.62. The van der Waals surface area contributed by atoms with Crippen molar-refractivity contribution in [3.05, 3.63) is 23.8 Å². The van der Waals surface area contributed by atoms with Gasteiger partial charge in [0, 0.05) is 6.07 Å². The van der Waals surface area contributed by atoms with Crippen LogP contribution in [0.3, 0.4) is 0 Å². The molecule has 7 nitrogen and oxygen atoms in total. The van der Waals surface area contributed by atoms with E-state index < -0.39 is 12.0 Å². The number of nitrogens with one attached hydrogen (secondary N) is 2. The van der Waals surface area contributed by atoms with Gasteiger partial charge in [0.05, 0.1) is 31.0 Å². The molecular formula is C13H15N3O4. The molecule has 106 valence electrons. The summed E-state index contributed by atoms with van der Waals surface area (Å²) < 4.78 is 9.74. The minimum atomic E-state index is -0.568. The fourth-order valence-corrected chi connectivity index (χ4v) is 1.40. The summed E-state index contributed by atoms with van der Waals surface area (Å²) in [5.74, 6) is -0.162. The van der Waals surface area contributed by atoms with Crippen LogP contribution in [0.1, 0.15) is 12.5 Å². The topological polar surface area (TPSA) is 100 Å². The largest absolute Gasteiger partial charge is 0.495 e. The van der Waals surface area contributed by atoms with Gasteiger partial charge in [0.1, 0.15) is 12.3 Å². The number of hydrogen-bond donors (Lipinski definition) is 2. The van der Waals surface area contributed by atoms with Crippen molar-refractivity contribution in [2.45, 2.75) is 6.92 Å². The minimum absolute atomic E-state index is 0.224. The summed E-state index contributed by atoms with van der Waals surface area (Å²) in [7, 11) is 1.43. The van der Waals surface area contributed by atoms with Crippen LogP contribution >= 0.6 is 0 Å². The maximum atomic E-state index is 11.6. The highest BCUT2D eigenvalue weighted by Crippen LogP contribution is 2.25. The summed E-state index contributed by atoms with van der Waals surface area (Å²) in [5, 5.41) is 13.6. The average molecular weight is 277 g/mol. The van der Waals surface area contributed by atoms with Crippen LogP contribution < -0.4 is 15.4 Å². The van der Waals surface area contributed by atoms with Crippen LogP contribution in [0.15, 0.2) is 18.2 Å². The Morgan fingerprint density at radius 2 is 2.15 bits per heavy atom. The van der Waals surface area contributed by atoms with Gasteiger partial charge >= 0.3 is 12.0 Å². The molecule has 0 fully saturated rings. The zero-order chi connectivity index (χ0) is 15.0. The van der Waals surface area contributed by atoms with Crippen LogP contribution in [-0.2, 0) is 9.53 Å². The predicted molar refractivity (Wildman–Crippen MR) is 71.4 cm³/mol. The van der Waals surface area contributed by atoms with Gasteiger partial charge in [-0.1, -0.05) is 0 Å². The first-order valence-electron chi connectivity index (χ1n) is 5.89. The number of nitrogens with zero attached hydrogens (tertiary/aromatic N) is 1. The van der Waals surface area contributed by atoms with Gasteiger partial charge in [0.25, 0.3) is 0 Å². The number of nitriles is 1. The number of anilines is 1. The van der Waals surface area contributed by atoms with Crippen LogP contribution in [-0.4, -0.2) is 32.3 Å². The molecule has 1 aromatic rings. The van der Waals surface area contributed by atoms with E-state index in [4.69, 9.17) is 10.00 Å². The maximum Gasteiger partial charge on any atom is 0.325 e. The Morgan fingerprint density at radius 1 is 1.40 bits per heavy atom. The molecular weight excluding hydrogens is 262 g/mol. The molecule has 1 rings (SSSR count). The summed E-state index contributed by atoms with van der Waals surface area (Å²) in [5.41, 5.74) is 0.812. The van der Waals surface area contributed by atoms with E-state index in [1.807, 2.05) is 6.07 Å². The number of amides is 2. The molecule has 2 N–H and O–H groups in total. The van der Waals surface area contributed by atoms with Crippen molar-refractivity contribution in [1.29, 1.82) is 5.26 Å². The highest BCUT2D eigenvalue weighted by molar-refractivity contribution is 5.92. The first-order chi connectivity index (χ1) is 9.60. The summed E-state index contributed by atoms with van der Waals surface area (Å²) in [6, 6.07) is 5.99. The third-order valence-electron chi connectivity index (χ3n) is 2.28. The van der Waals surface area contributed by atoms with Crippen LogP contribution in [0.2, 0.25) is 0 Å². The number of urea groups is 1. The third-order valence-corrected chi connectivity index (χ3v) is 2.28. The van der Waals surface area contributed by atoms with Crippen molar-refractivity contribution in [1.82, 2.24) is 5.32 Å². The average Bonchev–Trinajstić information content (AvgIpc) is 2.46. The Labute approximate surface area is 116 Å². The second kappa shape index (κ2) is 7.63. The van der Waals surface area contributed by atoms with Gasteiger partial charge in [-0.25, -0.2) is 4.79 Å². The number of esters is 1. The van der Waals surface area contributed by atoms with Crippen molar-refractivity contribution >= 4 is 17.7 Å². The molecule has 0 aromatic heterocycles. The highest BCUT2D eigenvalue weighted by atomic mass is 16.5. The smallest absolute Gasteiger partial charge is 0.325 e. The standard InChI is InChI=1S/C13H15N3O4/c1-3-20-12(17)8-15-13(18)16-10-5-4-9(7-14)6-11(10)19-2/h4-6H,3,8H2,1-2H3,(H2,15,16,18). The van der Waals surface area contributed by atoms with Crippen molar-refractivity contribution in [3.8, 4) is 11.8 Å². The number of carbonyl (C=O) groups is 2. The molecule has 7 heteroatoms. The molecule has 0 saturated heterocycles. The van der Waals surface area contributed by atoms with Crippen LogP contribution in [0.5, 0.6) is 5.75 Å². The summed E-state index contributed by atoms with van der Waals surface area (Å²) >= 11 is 0. The third kappa shape index (κ3) is 4.49. The lowest BCUT2D eigenvalue weighted by Crippen LogP contribution is -2.34. The van der Waals surface area contributed by atoms with E-state index in [-0.39, 0.29) is 13.2 Å². The van der Waals surface area contributed by atoms with E-state index in [0.717, 1.165) is 0 Å². The van der Waals surface area contributed by atoms with Gasteiger partial charge in [-0.05, 0) is 19.1 Å². The molecule has 20 heavy (non-hydrogen) atoms. The molecule has 0 aliphatic heterocycles. The van der Waals surface area contributed by atoms with Crippen molar-refractivity contribution in [2.24, 2.45) is 0 Å². The monoisotopic (exact) mass is 277 g/mol. The van der Waals surface area contributed by atoms with E-state index in [1.165, 1.54) is 13.2 Å². The Bertz CT molecular complexity index is 537. The fourth-order valence-electron chi connectivity index (χ4n) is 1.40. The second-order valence-electron chi connectivity index (χ2n) is 3.64. The molecule has 0 spiro atoms. The van der Waals surface area contributed by atoms with Gasteiger partial charge in [-0.2, -0.15) is 5.26 Å². The number of methoxy groups -OCH3 is 1. The normalized spacial score (nSPS) is 9.25. The van der Waals surface area contributed by atoms with E-state index in [0.29, 0.717) is 17.0 Å². The van der Waals surface area contributed by atoms with Gasteiger partial charge in [0.2, 0.25) is 0 Å². The van der Waals surface area contributed by atoms with Crippen LogP contribution in [0, 0.1) is 11.3 Å². The summed E-state index contributed by atoms with van der Waals surface area (Å²) in [4.78, 5) is 22.7. The Morgan fingerprint density at radius 3 is 2.75 bits per heavy atom. The van der Waals surface area contributed by atoms with Gasteiger partial charge in [-0.15, -0.1) is 0 Å². The van der Waals surface area contributed by atoms with Crippen LogP contribution in [0.25, 0.3) is 0 Å². The van der Waals surface area contributed by atoms with Crippen molar-refractivity contribution in [2.75, 3.05) is 25.6 Å². The molecule has 0 bridgehead atoms. The fraction of sp³-hybridized carbons (Fsp3) is 0.308. The zero-order valence-electron chi connectivity index (χ0n) is 11.2. The minimum Gasteiger partial charge on any atom is -0.495 e.